The minimum atomic E-state index is 0.637. The van der Waals surface area contributed by atoms with Gasteiger partial charge in [-0.05, 0) is 38.1 Å². The van der Waals surface area contributed by atoms with Crippen molar-refractivity contribution in [3.63, 3.8) is 0 Å². The van der Waals surface area contributed by atoms with Crippen molar-refractivity contribution in [3.05, 3.63) is 0 Å². The van der Waals surface area contributed by atoms with E-state index >= 15 is 0 Å². The van der Waals surface area contributed by atoms with E-state index in [2.05, 4.69) is 29.0 Å². The summed E-state index contributed by atoms with van der Waals surface area (Å²) in [6, 6.07) is 2.49. The van der Waals surface area contributed by atoms with Crippen LogP contribution in [-0.4, -0.2) is 60.6 Å². The highest BCUT2D eigenvalue weighted by molar-refractivity contribution is 4.94. The van der Waals surface area contributed by atoms with Gasteiger partial charge in [-0.3, -0.25) is 9.80 Å². The van der Waals surface area contributed by atoms with Crippen LogP contribution in [0.2, 0.25) is 0 Å². The summed E-state index contributed by atoms with van der Waals surface area (Å²) in [4.78, 5) is 5.49. The average molecular weight is 251 g/mol. The Hall–Kier alpha value is -0.120. The zero-order valence-corrected chi connectivity index (χ0v) is 12.1. The van der Waals surface area contributed by atoms with Gasteiger partial charge in [0.05, 0.1) is 0 Å². The third kappa shape index (κ3) is 2.89. The first-order valence-corrected chi connectivity index (χ1v) is 7.95. The molecule has 0 radical (unpaired) electrons. The van der Waals surface area contributed by atoms with Crippen LogP contribution in [-0.2, 0) is 0 Å². The number of rotatable bonds is 5. The summed E-state index contributed by atoms with van der Waals surface area (Å²) in [7, 11) is 0. The van der Waals surface area contributed by atoms with Gasteiger partial charge in [-0.25, -0.2) is 0 Å². The van der Waals surface area contributed by atoms with Gasteiger partial charge in [-0.15, -0.1) is 0 Å². The Morgan fingerprint density at radius 3 is 2.11 bits per heavy atom. The van der Waals surface area contributed by atoms with Gasteiger partial charge in [0.15, 0.2) is 0 Å². The van der Waals surface area contributed by atoms with Crippen molar-refractivity contribution in [1.82, 2.24) is 15.1 Å². The lowest BCUT2D eigenvalue weighted by Crippen LogP contribution is -2.57. The first-order chi connectivity index (χ1) is 8.74. The highest BCUT2D eigenvalue weighted by Gasteiger charge is 2.38. The highest BCUT2D eigenvalue weighted by Crippen LogP contribution is 2.34. The molecule has 1 saturated heterocycles. The van der Waals surface area contributed by atoms with Crippen molar-refractivity contribution < 1.29 is 0 Å². The molecule has 18 heavy (non-hydrogen) atoms. The van der Waals surface area contributed by atoms with Gasteiger partial charge in [0.25, 0.3) is 0 Å². The van der Waals surface area contributed by atoms with E-state index in [1.165, 1.54) is 58.4 Å². The predicted molar refractivity (Wildman–Crippen MR) is 75.8 cm³/mol. The van der Waals surface area contributed by atoms with Crippen molar-refractivity contribution in [3.8, 4) is 0 Å². The van der Waals surface area contributed by atoms with Crippen LogP contribution in [0.5, 0.6) is 0 Å². The molecule has 0 aromatic carbocycles. The summed E-state index contributed by atoms with van der Waals surface area (Å²) < 4.78 is 0. The Labute approximate surface area is 112 Å². The molecule has 1 N–H and O–H groups in total. The molecule has 0 amide bonds. The van der Waals surface area contributed by atoms with Gasteiger partial charge in [-0.2, -0.15) is 0 Å². The Morgan fingerprint density at radius 2 is 1.61 bits per heavy atom. The Balaban J connectivity index is 1.41. The Bertz CT molecular complexity index is 267. The fraction of sp³-hybridized carbons (Fsp3) is 1.00. The van der Waals surface area contributed by atoms with E-state index in [-0.39, 0.29) is 0 Å². The molecule has 2 unspecified atom stereocenters. The third-order valence-electron chi connectivity index (χ3n) is 5.05. The maximum Gasteiger partial charge on any atom is 0.0137 e. The van der Waals surface area contributed by atoms with E-state index in [4.69, 9.17) is 0 Å². The van der Waals surface area contributed by atoms with Crippen molar-refractivity contribution in [1.29, 1.82) is 0 Å². The first-order valence-electron chi connectivity index (χ1n) is 7.95. The SMILES string of the molecule is CC(C)NCC1CCC1N1CCN(C2CC2)CC1. The molecule has 1 aliphatic heterocycles. The highest BCUT2D eigenvalue weighted by atomic mass is 15.3. The third-order valence-corrected chi connectivity index (χ3v) is 5.05. The molecule has 0 aromatic rings. The second-order valence-corrected chi connectivity index (χ2v) is 6.77. The summed E-state index contributed by atoms with van der Waals surface area (Å²) in [5.41, 5.74) is 0. The molecule has 3 rings (SSSR count). The van der Waals surface area contributed by atoms with Crippen LogP contribution in [0.25, 0.3) is 0 Å². The molecule has 3 heteroatoms. The largest absolute Gasteiger partial charge is 0.314 e. The molecule has 0 bridgehead atoms. The zero-order valence-electron chi connectivity index (χ0n) is 12.1. The zero-order chi connectivity index (χ0) is 12.5. The number of piperazine rings is 1. The van der Waals surface area contributed by atoms with E-state index in [1.807, 2.05) is 0 Å². The predicted octanol–water partition coefficient (Wildman–Crippen LogP) is 1.54. The van der Waals surface area contributed by atoms with Crippen molar-refractivity contribution in [2.75, 3.05) is 32.7 Å². The molecule has 2 saturated carbocycles. The number of hydrogen-bond donors (Lipinski definition) is 1. The number of nitrogens with zero attached hydrogens (tertiary/aromatic N) is 2. The van der Waals surface area contributed by atoms with E-state index in [1.54, 1.807) is 0 Å². The molecule has 2 aliphatic carbocycles. The lowest BCUT2D eigenvalue weighted by atomic mass is 9.78. The van der Waals surface area contributed by atoms with Gasteiger partial charge in [0.1, 0.15) is 0 Å². The topological polar surface area (TPSA) is 18.5 Å². The Kier molecular flexibility index (Phi) is 3.92. The summed E-state index contributed by atoms with van der Waals surface area (Å²) in [6.45, 7) is 11.0. The van der Waals surface area contributed by atoms with Crippen LogP contribution in [0, 0.1) is 5.92 Å². The normalized spacial score (nSPS) is 34.8. The lowest BCUT2D eigenvalue weighted by Gasteiger charge is -2.48. The van der Waals surface area contributed by atoms with Crippen LogP contribution in [0.4, 0.5) is 0 Å². The van der Waals surface area contributed by atoms with Crippen LogP contribution < -0.4 is 5.32 Å². The molecule has 3 nitrogen and oxygen atoms in total. The van der Waals surface area contributed by atoms with Gasteiger partial charge in [-0.1, -0.05) is 13.8 Å². The van der Waals surface area contributed by atoms with E-state index in [9.17, 15) is 0 Å². The number of nitrogens with one attached hydrogen (secondary N) is 1. The van der Waals surface area contributed by atoms with Gasteiger partial charge in [0, 0.05) is 44.3 Å². The van der Waals surface area contributed by atoms with Gasteiger partial charge in [0.2, 0.25) is 0 Å². The monoisotopic (exact) mass is 251 g/mol. The second-order valence-electron chi connectivity index (χ2n) is 6.77. The van der Waals surface area contributed by atoms with Crippen LogP contribution in [0.1, 0.15) is 39.5 Å². The van der Waals surface area contributed by atoms with Crippen molar-refractivity contribution in [2.24, 2.45) is 5.92 Å². The van der Waals surface area contributed by atoms with E-state index in [0.29, 0.717) is 6.04 Å². The maximum absolute atomic E-state index is 3.62. The quantitative estimate of drug-likeness (QED) is 0.800. The van der Waals surface area contributed by atoms with Gasteiger partial charge < -0.3 is 5.32 Å². The van der Waals surface area contributed by atoms with Crippen LogP contribution >= 0.6 is 0 Å². The molecular formula is C15H29N3. The standard InChI is InChI=1S/C15H29N3/c1-12(2)16-11-13-3-6-15(13)18-9-7-17(8-10-18)14-4-5-14/h12-16H,3-11H2,1-2H3. The molecule has 3 fully saturated rings. The van der Waals surface area contributed by atoms with Crippen LogP contribution in [0.15, 0.2) is 0 Å². The summed E-state index contributed by atoms with van der Waals surface area (Å²) in [6.07, 6.45) is 5.80. The maximum atomic E-state index is 3.62. The summed E-state index contributed by atoms with van der Waals surface area (Å²) >= 11 is 0. The summed E-state index contributed by atoms with van der Waals surface area (Å²) in [5.74, 6) is 0.917. The molecule has 0 spiro atoms. The lowest BCUT2D eigenvalue weighted by molar-refractivity contribution is 0.0184. The Morgan fingerprint density at radius 1 is 0.944 bits per heavy atom. The van der Waals surface area contributed by atoms with Gasteiger partial charge >= 0.3 is 0 Å². The molecule has 3 aliphatic rings. The van der Waals surface area contributed by atoms with Crippen LogP contribution in [0.3, 0.4) is 0 Å². The second kappa shape index (κ2) is 5.48. The number of hydrogen-bond acceptors (Lipinski definition) is 3. The smallest absolute Gasteiger partial charge is 0.0137 e. The molecule has 1 heterocycles. The van der Waals surface area contributed by atoms with Crippen molar-refractivity contribution in [2.45, 2.75) is 57.7 Å². The minimum absolute atomic E-state index is 0.637. The molecule has 0 aromatic heterocycles. The summed E-state index contributed by atoms with van der Waals surface area (Å²) in [5, 5.41) is 3.62. The molecule has 2 atom stereocenters. The molecule has 104 valence electrons. The fourth-order valence-electron chi connectivity index (χ4n) is 3.53. The minimum Gasteiger partial charge on any atom is -0.314 e. The fourth-order valence-corrected chi connectivity index (χ4v) is 3.53. The first kappa shape index (κ1) is 12.9. The average Bonchev–Trinajstić information content (AvgIpc) is 3.12. The van der Waals surface area contributed by atoms with E-state index in [0.717, 1.165) is 18.0 Å². The molecular weight excluding hydrogens is 222 g/mol. The van der Waals surface area contributed by atoms with Crippen molar-refractivity contribution >= 4 is 0 Å². The van der Waals surface area contributed by atoms with E-state index < -0.39 is 0 Å².